The summed E-state index contributed by atoms with van der Waals surface area (Å²) >= 11 is 0. The first-order valence-electron chi connectivity index (χ1n) is 19.5. The number of ether oxygens (including phenoxy) is 4. The highest BCUT2D eigenvalue weighted by Gasteiger charge is 2.41. The van der Waals surface area contributed by atoms with Crippen LogP contribution in [-0.4, -0.2) is 83.9 Å². The Labute approximate surface area is 308 Å². The van der Waals surface area contributed by atoms with Crippen LogP contribution in [0.5, 0.6) is 0 Å². The van der Waals surface area contributed by atoms with Crippen LogP contribution in [0.4, 0.5) is 4.79 Å². The van der Waals surface area contributed by atoms with Crippen LogP contribution in [0.1, 0.15) is 153 Å². The van der Waals surface area contributed by atoms with Crippen molar-refractivity contribution in [1.82, 2.24) is 16.0 Å². The number of hydrogen-bond donors (Lipinski definition) is 4. The van der Waals surface area contributed by atoms with Gasteiger partial charge in [-0.1, -0.05) is 98.8 Å². The maximum Gasteiger partial charge on any atom is 0.408 e. The van der Waals surface area contributed by atoms with Gasteiger partial charge in [-0.3, -0.25) is 14.4 Å². The Morgan fingerprint density at radius 3 is 1.90 bits per heavy atom. The van der Waals surface area contributed by atoms with E-state index >= 15 is 0 Å². The van der Waals surface area contributed by atoms with Crippen molar-refractivity contribution in [1.29, 1.82) is 0 Å². The molecule has 3 amide bonds. The fraction of sp³-hybridized carbons (Fsp3) is 0.897. The number of carbonyl (C=O) groups excluding carboxylic acids is 4. The van der Waals surface area contributed by atoms with Crippen LogP contribution in [0.3, 0.4) is 0 Å². The molecule has 12 heteroatoms. The summed E-state index contributed by atoms with van der Waals surface area (Å²) < 4.78 is 23.4. The highest BCUT2D eigenvalue weighted by Crippen LogP contribution is 2.33. The van der Waals surface area contributed by atoms with E-state index in [2.05, 4.69) is 29.8 Å². The molecule has 0 aromatic rings. The van der Waals surface area contributed by atoms with E-state index in [-0.39, 0.29) is 23.9 Å². The Morgan fingerprint density at radius 1 is 0.843 bits per heavy atom. The van der Waals surface area contributed by atoms with Crippen molar-refractivity contribution >= 4 is 23.9 Å². The van der Waals surface area contributed by atoms with Gasteiger partial charge >= 0.3 is 12.1 Å². The van der Waals surface area contributed by atoms with Crippen molar-refractivity contribution in [2.45, 2.75) is 195 Å². The third kappa shape index (κ3) is 19.3. The molecule has 1 saturated heterocycles. The van der Waals surface area contributed by atoms with Gasteiger partial charge in [-0.05, 0) is 60.3 Å². The monoisotopic (exact) mass is 728 g/mol. The van der Waals surface area contributed by atoms with Crippen molar-refractivity contribution in [2.24, 2.45) is 17.8 Å². The van der Waals surface area contributed by atoms with Crippen molar-refractivity contribution in [3.05, 3.63) is 0 Å². The molecule has 0 saturated carbocycles. The van der Waals surface area contributed by atoms with E-state index in [0.717, 1.165) is 19.3 Å². The molecule has 298 valence electrons. The van der Waals surface area contributed by atoms with E-state index in [9.17, 15) is 24.3 Å². The molecule has 4 N–H and O–H groups in total. The van der Waals surface area contributed by atoms with E-state index in [0.29, 0.717) is 13.0 Å². The minimum atomic E-state index is -1.38. The first-order valence-corrected chi connectivity index (χ1v) is 19.5. The molecular formula is C39H73N3O9. The molecule has 0 aliphatic carbocycles. The lowest BCUT2D eigenvalue weighted by atomic mass is 9.86. The third-order valence-electron chi connectivity index (χ3n) is 9.25. The summed E-state index contributed by atoms with van der Waals surface area (Å²) in [6.07, 6.45) is 11.3. The second-order valence-electron chi connectivity index (χ2n) is 16.3. The number of rotatable bonds is 23. The zero-order valence-electron chi connectivity index (χ0n) is 33.7. The summed E-state index contributed by atoms with van der Waals surface area (Å²) in [4.78, 5) is 51.9. The lowest BCUT2D eigenvalue weighted by molar-refractivity contribution is -0.304. The number of unbranched alkanes of at least 4 members (excludes halogenated alkanes) is 10. The molecule has 0 bridgehead atoms. The minimum Gasteiger partial charge on any atom is -0.461 e. The number of aliphatic hydroxyl groups excluding tert-OH is 1. The molecule has 1 rings (SSSR count). The predicted octanol–water partition coefficient (Wildman–Crippen LogP) is 6.55. The zero-order valence-corrected chi connectivity index (χ0v) is 33.7. The van der Waals surface area contributed by atoms with Crippen molar-refractivity contribution in [2.75, 3.05) is 13.2 Å². The summed E-state index contributed by atoms with van der Waals surface area (Å²) in [5.41, 5.74) is -0.769. The number of alkyl carbamates (subject to hydrolysis) is 1. The molecule has 51 heavy (non-hydrogen) atoms. The van der Waals surface area contributed by atoms with Crippen LogP contribution in [0.2, 0.25) is 0 Å². The molecule has 0 radical (unpaired) electrons. The smallest absolute Gasteiger partial charge is 0.408 e. The van der Waals surface area contributed by atoms with Crippen LogP contribution in [0.25, 0.3) is 0 Å². The highest BCUT2D eigenvalue weighted by atomic mass is 16.7. The Kier molecular flexibility index (Phi) is 21.3. The van der Waals surface area contributed by atoms with Crippen molar-refractivity contribution < 1.29 is 43.2 Å². The second kappa shape index (κ2) is 23.3. The number of nitrogens with one attached hydrogen (secondary N) is 3. The van der Waals surface area contributed by atoms with Gasteiger partial charge in [-0.2, -0.15) is 0 Å². The number of amides is 3. The van der Waals surface area contributed by atoms with Gasteiger partial charge in [0.1, 0.15) is 30.3 Å². The van der Waals surface area contributed by atoms with Crippen LogP contribution in [-0.2, 0) is 33.3 Å². The Balaban J connectivity index is 2.83. The van der Waals surface area contributed by atoms with E-state index in [4.69, 9.17) is 18.9 Å². The van der Waals surface area contributed by atoms with Crippen molar-refractivity contribution in [3.8, 4) is 0 Å². The lowest BCUT2D eigenvalue weighted by Gasteiger charge is -2.44. The molecule has 7 atom stereocenters. The average molecular weight is 728 g/mol. The molecule has 1 heterocycles. The van der Waals surface area contributed by atoms with E-state index < -0.39 is 66.1 Å². The summed E-state index contributed by atoms with van der Waals surface area (Å²) in [7, 11) is 0. The van der Waals surface area contributed by atoms with Gasteiger partial charge in [0, 0.05) is 11.8 Å². The number of carbonyl (C=O) groups is 4. The standard InChI is InChI=1S/C39H73N3O9/c1-12-13-14-15-16-17-18-19-20-21-22-23-30(28(5)34-27(4)25-48-39(10,11)50-34)49-31(44)24-40-35(45)33(29(6)43)41-36(46)32(26(2)3)42-37(47)51-38(7,8)9/h26-30,32-34,43H,12-25H2,1-11H3,(H,40,45)(H,41,46)(H,42,47)/t27-,28-,29+,30+,32-,33-,34-/m0/s1. The van der Waals surface area contributed by atoms with Crippen molar-refractivity contribution in [3.63, 3.8) is 0 Å². The topological polar surface area (TPSA) is 162 Å². The summed E-state index contributed by atoms with van der Waals surface area (Å²) in [6, 6.07) is -2.41. The molecule has 1 fully saturated rings. The van der Waals surface area contributed by atoms with Crippen LogP contribution < -0.4 is 16.0 Å². The van der Waals surface area contributed by atoms with Gasteiger partial charge in [-0.25, -0.2) is 4.79 Å². The van der Waals surface area contributed by atoms with E-state index in [1.54, 1.807) is 34.6 Å². The van der Waals surface area contributed by atoms with Gasteiger partial charge in [-0.15, -0.1) is 0 Å². The first kappa shape index (κ1) is 46.6. The largest absolute Gasteiger partial charge is 0.461 e. The van der Waals surface area contributed by atoms with Gasteiger partial charge in [0.2, 0.25) is 11.8 Å². The molecule has 0 aromatic carbocycles. The van der Waals surface area contributed by atoms with E-state index in [1.165, 1.54) is 58.3 Å². The van der Waals surface area contributed by atoms with Gasteiger partial charge in [0.05, 0.1) is 18.8 Å². The molecule has 0 spiro atoms. The average Bonchev–Trinajstić information content (AvgIpc) is 3.02. The zero-order chi connectivity index (χ0) is 38.8. The second-order valence-corrected chi connectivity index (χ2v) is 16.3. The van der Waals surface area contributed by atoms with Crippen LogP contribution in [0, 0.1) is 17.8 Å². The van der Waals surface area contributed by atoms with E-state index in [1.807, 2.05) is 20.8 Å². The number of esters is 1. The summed E-state index contributed by atoms with van der Waals surface area (Å²) in [6.45, 7) is 20.1. The predicted molar refractivity (Wildman–Crippen MR) is 199 cm³/mol. The maximum atomic E-state index is 13.2. The van der Waals surface area contributed by atoms with Crippen LogP contribution in [0.15, 0.2) is 0 Å². The fourth-order valence-corrected chi connectivity index (χ4v) is 6.28. The third-order valence-corrected chi connectivity index (χ3v) is 9.25. The van der Waals surface area contributed by atoms with Gasteiger partial charge in [0.25, 0.3) is 0 Å². The van der Waals surface area contributed by atoms with Gasteiger partial charge < -0.3 is 40.0 Å². The van der Waals surface area contributed by atoms with Crippen LogP contribution >= 0.6 is 0 Å². The minimum absolute atomic E-state index is 0.0983. The van der Waals surface area contributed by atoms with Gasteiger partial charge in [0.15, 0.2) is 5.79 Å². The molecular weight excluding hydrogens is 654 g/mol. The maximum absolute atomic E-state index is 13.2. The SMILES string of the molecule is CCCCCCCCCCCCC[C@@H](OC(=O)CNC(=O)[C@@H](NC(=O)[C@@H](NC(=O)OC(C)(C)C)C(C)C)[C@@H](C)O)[C@H](C)[C@H]1OC(C)(C)OC[C@@H]1C. The molecule has 1 aliphatic heterocycles. The summed E-state index contributed by atoms with van der Waals surface area (Å²) in [5.74, 6) is -3.17. The summed E-state index contributed by atoms with van der Waals surface area (Å²) in [5, 5.41) is 18.0. The molecule has 0 unspecified atom stereocenters. The molecule has 1 aliphatic rings. The molecule has 0 aromatic heterocycles. The highest BCUT2D eigenvalue weighted by molar-refractivity contribution is 5.92. The quantitative estimate of drug-likeness (QED) is 0.0676. The first-order chi connectivity index (χ1) is 23.8. The lowest BCUT2D eigenvalue weighted by Crippen LogP contribution is -2.59. The number of aliphatic hydroxyl groups is 1. The Bertz CT molecular complexity index is 1040. The number of hydrogen-bond acceptors (Lipinski definition) is 9. The Hall–Kier alpha value is -2.44. The normalized spacial score (nSPS) is 20.4. The molecule has 12 nitrogen and oxygen atoms in total. The Morgan fingerprint density at radius 2 is 1.39 bits per heavy atom. The fourth-order valence-electron chi connectivity index (χ4n) is 6.28.